The highest BCUT2D eigenvalue weighted by Crippen LogP contribution is 2.34. The second-order valence-electron chi connectivity index (χ2n) is 9.41. The van der Waals surface area contributed by atoms with Gasteiger partial charge in [-0.2, -0.15) is 0 Å². The molecule has 1 aromatic carbocycles. The van der Waals surface area contributed by atoms with Crippen LogP contribution in [0.15, 0.2) is 24.5 Å². The lowest BCUT2D eigenvalue weighted by atomic mass is 9.90. The fourth-order valence-corrected chi connectivity index (χ4v) is 4.13. The molecule has 1 fully saturated rings. The summed E-state index contributed by atoms with van der Waals surface area (Å²) in [6.45, 7) is 5.45. The number of rotatable bonds is 6. The molecule has 1 saturated heterocycles. The third kappa shape index (κ3) is 4.81. The van der Waals surface area contributed by atoms with Crippen LogP contribution in [-0.2, 0) is 21.4 Å². The molecule has 0 bridgehead atoms. The van der Waals surface area contributed by atoms with E-state index in [-0.39, 0.29) is 23.2 Å². The highest BCUT2D eigenvalue weighted by molar-refractivity contribution is 5.58. The molecule has 1 aliphatic rings. The molecular weight excluding hydrogens is 469 g/mol. The van der Waals surface area contributed by atoms with Gasteiger partial charge in [-0.1, -0.05) is 10.4 Å². The molecule has 0 radical (unpaired) electrons. The minimum atomic E-state index is -1.62. The number of hydrogen-bond acceptors (Lipinski definition) is 8. The Morgan fingerprint density at radius 3 is 2.43 bits per heavy atom. The minimum absolute atomic E-state index is 0.0693. The van der Waals surface area contributed by atoms with Crippen molar-refractivity contribution in [1.82, 2.24) is 30.0 Å². The highest BCUT2D eigenvalue weighted by atomic mass is 19.2. The minimum Gasteiger partial charge on any atom is -0.394 e. The van der Waals surface area contributed by atoms with E-state index in [1.807, 2.05) is 20.8 Å². The van der Waals surface area contributed by atoms with Crippen LogP contribution >= 0.6 is 0 Å². The van der Waals surface area contributed by atoms with Gasteiger partial charge >= 0.3 is 0 Å². The summed E-state index contributed by atoms with van der Waals surface area (Å²) in [5.74, 6) is -4.35. The number of aromatic nitrogens is 6. The second kappa shape index (κ2) is 9.64. The summed E-state index contributed by atoms with van der Waals surface area (Å²) < 4.78 is 55.9. The number of hydrogen-bond donors (Lipinski definition) is 2. The Balaban J connectivity index is 1.66. The van der Waals surface area contributed by atoms with E-state index in [2.05, 4.69) is 20.6 Å². The van der Waals surface area contributed by atoms with Crippen LogP contribution in [0.1, 0.15) is 32.5 Å². The van der Waals surface area contributed by atoms with Crippen molar-refractivity contribution in [2.75, 3.05) is 13.7 Å². The Morgan fingerprint density at radius 2 is 1.80 bits per heavy atom. The second-order valence-corrected chi connectivity index (χ2v) is 9.41. The third-order valence-electron chi connectivity index (χ3n) is 6.00. The lowest BCUT2D eigenvalue weighted by Gasteiger charge is -2.43. The van der Waals surface area contributed by atoms with Gasteiger partial charge in [-0.05, 0) is 32.9 Å². The van der Waals surface area contributed by atoms with Crippen LogP contribution in [0.4, 0.5) is 13.2 Å². The van der Waals surface area contributed by atoms with Crippen LogP contribution in [0.5, 0.6) is 0 Å². The number of ether oxygens (including phenoxy) is 2. The smallest absolute Gasteiger partial charge is 0.195 e. The molecular formula is C22H27F3N6O4. The largest absolute Gasteiger partial charge is 0.394 e. The van der Waals surface area contributed by atoms with Crippen molar-refractivity contribution in [3.8, 4) is 11.3 Å². The van der Waals surface area contributed by atoms with Crippen molar-refractivity contribution in [3.63, 3.8) is 0 Å². The number of methoxy groups -OCH3 is 1. The first-order valence-electron chi connectivity index (χ1n) is 11.0. The molecule has 2 N–H and O–H groups in total. The van der Waals surface area contributed by atoms with Gasteiger partial charge in [-0.25, -0.2) is 22.5 Å². The van der Waals surface area contributed by atoms with Crippen LogP contribution in [-0.4, -0.2) is 78.3 Å². The predicted octanol–water partition coefficient (Wildman–Crippen LogP) is 1.63. The maximum Gasteiger partial charge on any atom is 0.195 e. The molecule has 4 rings (SSSR count). The van der Waals surface area contributed by atoms with Crippen LogP contribution in [0.25, 0.3) is 11.3 Å². The van der Waals surface area contributed by atoms with Crippen molar-refractivity contribution in [3.05, 3.63) is 47.7 Å². The summed E-state index contributed by atoms with van der Waals surface area (Å²) in [5.41, 5.74) is -0.0281. The van der Waals surface area contributed by atoms with E-state index in [1.165, 1.54) is 18.0 Å². The van der Waals surface area contributed by atoms with E-state index >= 15 is 0 Å². The number of halogens is 3. The molecule has 0 amide bonds. The lowest BCUT2D eigenvalue weighted by Crippen LogP contribution is -2.57. The molecule has 10 nitrogen and oxygen atoms in total. The van der Waals surface area contributed by atoms with Gasteiger partial charge in [0.05, 0.1) is 30.1 Å². The Bertz CT molecular complexity index is 1180. The number of benzene rings is 1. The Morgan fingerprint density at radius 1 is 1.06 bits per heavy atom. The molecule has 190 valence electrons. The summed E-state index contributed by atoms with van der Waals surface area (Å²) in [6, 6.07) is 0.938. The van der Waals surface area contributed by atoms with Gasteiger partial charge in [0.2, 0.25) is 0 Å². The van der Waals surface area contributed by atoms with Gasteiger partial charge in [0, 0.05) is 25.3 Å². The number of nitrogens with zero attached hydrogens (tertiary/aromatic N) is 6. The van der Waals surface area contributed by atoms with Gasteiger partial charge in [0.25, 0.3) is 0 Å². The molecule has 35 heavy (non-hydrogen) atoms. The van der Waals surface area contributed by atoms with Crippen molar-refractivity contribution in [2.45, 2.75) is 63.2 Å². The van der Waals surface area contributed by atoms with E-state index in [0.717, 1.165) is 12.1 Å². The van der Waals surface area contributed by atoms with Crippen LogP contribution in [0, 0.1) is 17.5 Å². The zero-order valence-corrected chi connectivity index (χ0v) is 19.6. The topological polar surface area (TPSA) is 120 Å². The molecule has 5 atom stereocenters. The number of aliphatic hydroxyl groups is 2. The van der Waals surface area contributed by atoms with E-state index < -0.39 is 54.5 Å². The maximum absolute atomic E-state index is 14.3. The zero-order valence-electron chi connectivity index (χ0n) is 19.6. The Hall–Kier alpha value is -2.87. The molecule has 2 aromatic heterocycles. The first kappa shape index (κ1) is 25.2. The Labute approximate surface area is 199 Å². The van der Waals surface area contributed by atoms with Crippen LogP contribution in [0.2, 0.25) is 0 Å². The molecule has 0 spiro atoms. The molecule has 3 aromatic rings. The monoisotopic (exact) mass is 496 g/mol. The zero-order chi connectivity index (χ0) is 25.5. The summed E-state index contributed by atoms with van der Waals surface area (Å²) >= 11 is 0. The fourth-order valence-electron chi connectivity index (χ4n) is 4.13. The van der Waals surface area contributed by atoms with Gasteiger partial charge in [-0.15, -0.1) is 10.2 Å². The van der Waals surface area contributed by atoms with Crippen molar-refractivity contribution >= 4 is 0 Å². The first-order chi connectivity index (χ1) is 16.5. The third-order valence-corrected chi connectivity index (χ3v) is 6.00. The van der Waals surface area contributed by atoms with Gasteiger partial charge in [0.15, 0.2) is 17.5 Å². The fraction of sp³-hybridized carbons (Fsp3) is 0.545. The molecule has 3 heterocycles. The van der Waals surface area contributed by atoms with Crippen LogP contribution in [0.3, 0.4) is 0 Å². The quantitative estimate of drug-likeness (QED) is 0.494. The molecule has 0 aliphatic carbocycles. The standard InChI is InChI=1S/C22H27F3N6O4/c1-22(2,3)31-8-11(26-29-31)7-15-21(34-4)19(20(33)16(10-32)35-15)30-9-14(27-28-30)12-5-6-13(23)18(25)17(12)24/h5-6,8-9,15-16,19-21,32-33H,7,10H2,1-4H3/t15-,16-,19+,20+,21+/m1/s1. The Kier molecular flexibility index (Phi) is 6.95. The maximum atomic E-state index is 14.3. The van der Waals surface area contributed by atoms with Crippen molar-refractivity contribution in [1.29, 1.82) is 0 Å². The van der Waals surface area contributed by atoms with E-state index in [1.54, 1.807) is 10.9 Å². The average Bonchev–Trinajstić information content (AvgIpc) is 3.48. The van der Waals surface area contributed by atoms with Crippen LogP contribution < -0.4 is 0 Å². The summed E-state index contributed by atoms with van der Waals surface area (Å²) in [7, 11) is 1.43. The van der Waals surface area contributed by atoms with E-state index in [9.17, 15) is 23.4 Å². The molecule has 0 unspecified atom stereocenters. The first-order valence-corrected chi connectivity index (χ1v) is 11.0. The van der Waals surface area contributed by atoms with Gasteiger partial charge in [-0.3, -0.25) is 0 Å². The molecule has 1 aliphatic heterocycles. The summed E-state index contributed by atoms with van der Waals surface area (Å²) in [5, 5.41) is 36.9. The van der Waals surface area contributed by atoms with Gasteiger partial charge in [0.1, 0.15) is 30.0 Å². The average molecular weight is 496 g/mol. The number of aliphatic hydroxyl groups excluding tert-OH is 2. The predicted molar refractivity (Wildman–Crippen MR) is 116 cm³/mol. The van der Waals surface area contributed by atoms with Gasteiger partial charge < -0.3 is 19.7 Å². The van der Waals surface area contributed by atoms with E-state index in [0.29, 0.717) is 5.69 Å². The summed E-state index contributed by atoms with van der Waals surface area (Å²) in [6.07, 6.45) is -0.364. The molecule has 13 heteroatoms. The summed E-state index contributed by atoms with van der Waals surface area (Å²) in [4.78, 5) is 0. The van der Waals surface area contributed by atoms with Crippen molar-refractivity contribution < 1.29 is 32.9 Å². The van der Waals surface area contributed by atoms with E-state index in [4.69, 9.17) is 9.47 Å². The highest BCUT2D eigenvalue weighted by Gasteiger charge is 2.47. The molecule has 0 saturated carbocycles. The van der Waals surface area contributed by atoms with Crippen molar-refractivity contribution in [2.24, 2.45) is 0 Å². The normalized spacial score (nSPS) is 25.2. The lowest BCUT2D eigenvalue weighted by molar-refractivity contribution is -0.212. The SMILES string of the molecule is CO[C@@H]1[C@@H](n2cc(-c3ccc(F)c(F)c3F)nn2)[C@@H](O)[C@@H](CO)O[C@@H]1Cc1cn(C(C)(C)C)nn1.